The molecule has 0 saturated heterocycles. The molecule has 1 aromatic rings. The molecule has 0 fully saturated rings. The summed E-state index contributed by atoms with van der Waals surface area (Å²) >= 11 is 3.49. The van der Waals surface area contributed by atoms with Gasteiger partial charge in [-0.2, -0.15) is 5.26 Å². The van der Waals surface area contributed by atoms with Gasteiger partial charge < -0.3 is 15.0 Å². The molecule has 1 rings (SSSR count). The summed E-state index contributed by atoms with van der Waals surface area (Å²) in [5.41, 5.74) is 1.91. The zero-order valence-corrected chi connectivity index (χ0v) is 14.6. The number of methoxy groups -OCH3 is 1. The predicted octanol–water partition coefficient (Wildman–Crippen LogP) is 2.57. The van der Waals surface area contributed by atoms with Gasteiger partial charge in [0.1, 0.15) is 11.6 Å². The lowest BCUT2D eigenvalue weighted by Crippen LogP contribution is -2.26. The van der Waals surface area contributed by atoms with Crippen LogP contribution in [0, 0.1) is 11.3 Å². The Morgan fingerprint density at radius 1 is 1.50 bits per heavy atom. The molecule has 0 saturated carbocycles. The fourth-order valence-electron chi connectivity index (χ4n) is 1.80. The van der Waals surface area contributed by atoms with E-state index in [9.17, 15) is 4.79 Å². The molecule has 0 radical (unpaired) electrons. The second kappa shape index (κ2) is 9.23. The largest absolute Gasteiger partial charge is 0.385 e. The minimum absolute atomic E-state index is 0.0851. The van der Waals surface area contributed by atoms with Gasteiger partial charge in [-0.15, -0.1) is 0 Å². The van der Waals surface area contributed by atoms with Crippen molar-refractivity contribution in [3.05, 3.63) is 33.8 Å². The van der Waals surface area contributed by atoms with E-state index >= 15 is 0 Å². The highest BCUT2D eigenvalue weighted by Crippen LogP contribution is 2.26. The molecule has 0 aromatic heterocycles. The van der Waals surface area contributed by atoms with Crippen LogP contribution in [0.5, 0.6) is 0 Å². The normalized spacial score (nSPS) is 11.0. The van der Waals surface area contributed by atoms with E-state index in [4.69, 9.17) is 10.00 Å². The van der Waals surface area contributed by atoms with Gasteiger partial charge in [-0.1, -0.05) is 6.07 Å². The van der Waals surface area contributed by atoms with Crippen LogP contribution in [-0.2, 0) is 9.53 Å². The molecule has 5 nitrogen and oxygen atoms in total. The number of nitriles is 1. The third kappa shape index (κ3) is 5.51. The van der Waals surface area contributed by atoms with Crippen LogP contribution in [0.25, 0.3) is 6.08 Å². The highest BCUT2D eigenvalue weighted by molar-refractivity contribution is 9.10. The quantitative estimate of drug-likeness (QED) is 0.458. The maximum absolute atomic E-state index is 11.9. The Bertz CT molecular complexity index is 592. The first-order valence-corrected chi connectivity index (χ1v) is 7.64. The lowest BCUT2D eigenvalue weighted by Gasteiger charge is -2.14. The number of ether oxygens (including phenoxy) is 1. The summed E-state index contributed by atoms with van der Waals surface area (Å²) in [6.45, 7) is 1.06. The first-order valence-electron chi connectivity index (χ1n) is 6.85. The van der Waals surface area contributed by atoms with Crippen LogP contribution in [-0.4, -0.2) is 40.3 Å². The summed E-state index contributed by atoms with van der Waals surface area (Å²) in [5, 5.41) is 11.9. The molecule has 0 aliphatic carbocycles. The molecule has 1 amide bonds. The monoisotopic (exact) mass is 365 g/mol. The van der Waals surface area contributed by atoms with Gasteiger partial charge in [-0.3, -0.25) is 4.79 Å². The Labute approximate surface area is 139 Å². The van der Waals surface area contributed by atoms with E-state index in [1.807, 2.05) is 43.3 Å². The van der Waals surface area contributed by atoms with Gasteiger partial charge in [0.2, 0.25) is 0 Å². The van der Waals surface area contributed by atoms with E-state index in [0.29, 0.717) is 19.6 Å². The maximum Gasteiger partial charge on any atom is 0.261 e. The molecule has 1 aromatic carbocycles. The van der Waals surface area contributed by atoms with Crippen LogP contribution < -0.4 is 10.2 Å². The maximum atomic E-state index is 11.9. The lowest BCUT2D eigenvalue weighted by atomic mass is 10.1. The average molecular weight is 366 g/mol. The fraction of sp³-hybridized carbons (Fsp3) is 0.375. The third-order valence-electron chi connectivity index (χ3n) is 2.94. The van der Waals surface area contributed by atoms with Crippen molar-refractivity contribution in [2.45, 2.75) is 6.42 Å². The lowest BCUT2D eigenvalue weighted by molar-refractivity contribution is -0.117. The highest BCUT2D eigenvalue weighted by atomic mass is 79.9. The Morgan fingerprint density at radius 3 is 2.77 bits per heavy atom. The Morgan fingerprint density at radius 2 is 2.23 bits per heavy atom. The molecule has 0 aliphatic heterocycles. The number of nitrogens with zero attached hydrogens (tertiary/aromatic N) is 2. The number of hydrogen-bond acceptors (Lipinski definition) is 4. The Kier molecular flexibility index (Phi) is 7.64. The summed E-state index contributed by atoms with van der Waals surface area (Å²) in [6.07, 6.45) is 2.29. The van der Waals surface area contributed by atoms with Gasteiger partial charge in [0.25, 0.3) is 5.91 Å². The average Bonchev–Trinajstić information content (AvgIpc) is 2.48. The molecule has 0 atom stereocenters. The van der Waals surface area contributed by atoms with Gasteiger partial charge in [0, 0.05) is 38.8 Å². The first kappa shape index (κ1) is 18.2. The van der Waals surface area contributed by atoms with E-state index < -0.39 is 0 Å². The Balaban J connectivity index is 2.82. The van der Waals surface area contributed by atoms with Crippen LogP contribution in [0.4, 0.5) is 5.69 Å². The summed E-state index contributed by atoms with van der Waals surface area (Å²) in [5.74, 6) is -0.369. The Hall–Kier alpha value is -1.84. The molecular formula is C16H20BrN3O2. The van der Waals surface area contributed by atoms with E-state index in [2.05, 4.69) is 21.2 Å². The minimum atomic E-state index is -0.369. The molecule has 118 valence electrons. The second-order valence-electron chi connectivity index (χ2n) is 4.88. The molecule has 0 spiro atoms. The first-order chi connectivity index (χ1) is 10.5. The van der Waals surface area contributed by atoms with Crippen LogP contribution in [0.2, 0.25) is 0 Å². The molecule has 0 bridgehead atoms. The summed E-state index contributed by atoms with van der Waals surface area (Å²) in [4.78, 5) is 13.9. The molecule has 22 heavy (non-hydrogen) atoms. The van der Waals surface area contributed by atoms with Gasteiger partial charge >= 0.3 is 0 Å². The standard InChI is InChI=1S/C16H20BrN3O2/c1-20(2)15-6-5-12(10-14(15)17)9-13(11-18)16(21)19-7-4-8-22-3/h5-6,9-10H,4,7-8H2,1-3H3,(H,19,21)/b13-9+. The zero-order chi connectivity index (χ0) is 16.5. The number of amides is 1. The summed E-state index contributed by atoms with van der Waals surface area (Å²) in [7, 11) is 5.51. The number of halogens is 1. The van der Waals surface area contributed by atoms with Crippen molar-refractivity contribution < 1.29 is 9.53 Å². The van der Waals surface area contributed by atoms with Crippen LogP contribution >= 0.6 is 15.9 Å². The molecule has 0 unspecified atom stereocenters. The van der Waals surface area contributed by atoms with E-state index in [1.54, 1.807) is 13.2 Å². The van der Waals surface area contributed by atoms with Crippen molar-refractivity contribution in [3.8, 4) is 6.07 Å². The topological polar surface area (TPSA) is 65.4 Å². The molecule has 0 aliphatic rings. The number of carbonyl (C=O) groups is 1. The smallest absolute Gasteiger partial charge is 0.261 e. The summed E-state index contributed by atoms with van der Waals surface area (Å²) < 4.78 is 5.82. The number of anilines is 1. The van der Waals surface area contributed by atoms with Crippen molar-refractivity contribution in [1.29, 1.82) is 5.26 Å². The van der Waals surface area contributed by atoms with Gasteiger partial charge in [-0.25, -0.2) is 0 Å². The number of carbonyl (C=O) groups excluding carboxylic acids is 1. The zero-order valence-electron chi connectivity index (χ0n) is 13.0. The van der Waals surface area contributed by atoms with Crippen LogP contribution in [0.15, 0.2) is 28.2 Å². The van der Waals surface area contributed by atoms with Crippen molar-refractivity contribution in [2.24, 2.45) is 0 Å². The van der Waals surface area contributed by atoms with E-state index in [1.165, 1.54) is 0 Å². The fourth-order valence-corrected chi connectivity index (χ4v) is 2.56. The molecular weight excluding hydrogens is 346 g/mol. The molecule has 1 N–H and O–H groups in total. The predicted molar refractivity (Wildman–Crippen MR) is 91.6 cm³/mol. The number of hydrogen-bond donors (Lipinski definition) is 1. The van der Waals surface area contributed by atoms with Gasteiger partial charge in [0.05, 0.1) is 5.69 Å². The third-order valence-corrected chi connectivity index (χ3v) is 3.58. The van der Waals surface area contributed by atoms with E-state index in [-0.39, 0.29) is 11.5 Å². The van der Waals surface area contributed by atoms with Crippen molar-refractivity contribution in [3.63, 3.8) is 0 Å². The van der Waals surface area contributed by atoms with Crippen molar-refractivity contribution >= 4 is 33.6 Å². The van der Waals surface area contributed by atoms with E-state index in [0.717, 1.165) is 15.7 Å². The van der Waals surface area contributed by atoms with Crippen molar-refractivity contribution in [1.82, 2.24) is 5.32 Å². The summed E-state index contributed by atoms with van der Waals surface area (Å²) in [6, 6.07) is 7.62. The van der Waals surface area contributed by atoms with Gasteiger partial charge in [0.15, 0.2) is 0 Å². The number of nitrogens with one attached hydrogen (secondary N) is 1. The molecule has 6 heteroatoms. The SMILES string of the molecule is COCCCNC(=O)/C(C#N)=C/c1ccc(N(C)C)c(Br)c1. The van der Waals surface area contributed by atoms with Crippen LogP contribution in [0.3, 0.4) is 0 Å². The number of rotatable bonds is 7. The molecule has 0 heterocycles. The van der Waals surface area contributed by atoms with Crippen molar-refractivity contribution in [2.75, 3.05) is 39.3 Å². The second-order valence-corrected chi connectivity index (χ2v) is 5.73. The minimum Gasteiger partial charge on any atom is -0.385 e. The van der Waals surface area contributed by atoms with Crippen LogP contribution in [0.1, 0.15) is 12.0 Å². The van der Waals surface area contributed by atoms with Gasteiger partial charge in [-0.05, 0) is 46.1 Å². The highest BCUT2D eigenvalue weighted by Gasteiger charge is 2.09. The number of benzene rings is 1.